The highest BCUT2D eigenvalue weighted by atomic mass is 35.5. The Morgan fingerprint density at radius 2 is 2.05 bits per heavy atom. The molecule has 1 aromatic carbocycles. The number of fused-ring (bicyclic) bond motifs is 1. The first kappa shape index (κ1) is 15.6. The van der Waals surface area contributed by atoms with E-state index in [1.54, 1.807) is 6.07 Å². The molecule has 108 valence electrons. The van der Waals surface area contributed by atoms with Crippen LogP contribution in [-0.4, -0.2) is 14.8 Å². The topological polar surface area (TPSA) is 42.7 Å². The number of hydrogen-bond donors (Lipinski definition) is 1. The van der Waals surface area contributed by atoms with Gasteiger partial charge in [-0.05, 0) is 18.1 Å². The maximum Gasteiger partial charge on any atom is 0.147 e. The van der Waals surface area contributed by atoms with E-state index in [2.05, 4.69) is 20.1 Å². The zero-order valence-corrected chi connectivity index (χ0v) is 13.1. The Morgan fingerprint density at radius 3 is 2.90 bits per heavy atom. The largest absolute Gasteiger partial charge is 0.314 e. The molecule has 1 aliphatic heterocycles. The molecule has 4 nitrogen and oxygen atoms in total. The van der Waals surface area contributed by atoms with E-state index >= 15 is 0 Å². The molecular formula is C13H15Cl3N4. The average Bonchev–Trinajstić information content (AvgIpc) is 2.99. The minimum absolute atomic E-state index is 0. The van der Waals surface area contributed by atoms with Crippen LogP contribution in [0.25, 0.3) is 0 Å². The third kappa shape index (κ3) is 3.09. The first-order valence-electron chi connectivity index (χ1n) is 6.30. The van der Waals surface area contributed by atoms with Crippen molar-refractivity contribution in [1.82, 2.24) is 20.1 Å². The van der Waals surface area contributed by atoms with Gasteiger partial charge in [0.25, 0.3) is 0 Å². The Balaban J connectivity index is 0.00000147. The minimum Gasteiger partial charge on any atom is -0.314 e. The molecule has 1 aromatic heterocycles. The van der Waals surface area contributed by atoms with Gasteiger partial charge in [-0.1, -0.05) is 35.3 Å². The van der Waals surface area contributed by atoms with Crippen molar-refractivity contribution in [3.05, 3.63) is 45.5 Å². The van der Waals surface area contributed by atoms with Crippen molar-refractivity contribution in [3.8, 4) is 0 Å². The predicted molar refractivity (Wildman–Crippen MR) is 82.6 cm³/mol. The van der Waals surface area contributed by atoms with Crippen molar-refractivity contribution in [2.45, 2.75) is 32.5 Å². The average molecular weight is 334 g/mol. The summed E-state index contributed by atoms with van der Waals surface area (Å²) in [5.41, 5.74) is 0.996. The molecule has 0 unspecified atom stereocenters. The van der Waals surface area contributed by atoms with Crippen LogP contribution in [0.2, 0.25) is 10.0 Å². The third-order valence-corrected chi connectivity index (χ3v) is 4.17. The molecule has 1 aliphatic rings. The van der Waals surface area contributed by atoms with Gasteiger partial charge in [0.05, 0.1) is 16.6 Å². The molecule has 0 saturated heterocycles. The van der Waals surface area contributed by atoms with Crippen LogP contribution in [0.3, 0.4) is 0 Å². The van der Waals surface area contributed by atoms with Gasteiger partial charge in [0.1, 0.15) is 11.6 Å². The molecular weight excluding hydrogens is 319 g/mol. The van der Waals surface area contributed by atoms with Crippen LogP contribution in [0.5, 0.6) is 0 Å². The number of aryl methyl sites for hydroxylation is 1. The van der Waals surface area contributed by atoms with Crippen molar-refractivity contribution in [2.24, 2.45) is 0 Å². The fourth-order valence-electron chi connectivity index (χ4n) is 2.34. The maximum atomic E-state index is 6.14. The van der Waals surface area contributed by atoms with Crippen LogP contribution in [0.1, 0.15) is 23.6 Å². The van der Waals surface area contributed by atoms with Crippen LogP contribution in [0.15, 0.2) is 18.2 Å². The Kier molecular flexibility index (Phi) is 5.27. The fraction of sp³-hybridized carbons (Fsp3) is 0.385. The number of nitrogens with zero attached hydrogens (tertiary/aromatic N) is 3. The molecule has 2 aromatic rings. The molecule has 20 heavy (non-hydrogen) atoms. The van der Waals surface area contributed by atoms with Crippen LogP contribution in [-0.2, 0) is 26.1 Å². The maximum absolute atomic E-state index is 6.14. The van der Waals surface area contributed by atoms with E-state index in [9.17, 15) is 0 Å². The second-order valence-electron chi connectivity index (χ2n) is 4.60. The zero-order chi connectivity index (χ0) is 13.2. The predicted octanol–water partition coefficient (Wildman–Crippen LogP) is 3.24. The lowest BCUT2D eigenvalue weighted by Crippen LogP contribution is -2.16. The molecule has 0 aliphatic carbocycles. The second kappa shape index (κ2) is 6.76. The highest BCUT2D eigenvalue weighted by Crippen LogP contribution is 2.25. The molecule has 0 saturated carbocycles. The lowest BCUT2D eigenvalue weighted by molar-refractivity contribution is 0.610. The summed E-state index contributed by atoms with van der Waals surface area (Å²) in [4.78, 5) is 0. The molecule has 7 heteroatoms. The van der Waals surface area contributed by atoms with Gasteiger partial charge < -0.3 is 9.88 Å². The van der Waals surface area contributed by atoms with Crippen LogP contribution in [0.4, 0.5) is 0 Å². The second-order valence-corrected chi connectivity index (χ2v) is 5.39. The van der Waals surface area contributed by atoms with E-state index in [0.29, 0.717) is 23.1 Å². The van der Waals surface area contributed by atoms with E-state index in [1.165, 1.54) is 0 Å². The zero-order valence-electron chi connectivity index (χ0n) is 10.8. The molecule has 0 radical (unpaired) electrons. The smallest absolute Gasteiger partial charge is 0.147 e. The lowest BCUT2D eigenvalue weighted by atomic mass is 10.2. The Labute approximate surface area is 133 Å². The number of rotatable bonds is 4. The van der Waals surface area contributed by atoms with E-state index in [4.69, 9.17) is 23.2 Å². The summed E-state index contributed by atoms with van der Waals surface area (Å²) in [7, 11) is 0. The highest BCUT2D eigenvalue weighted by molar-refractivity contribution is 6.42. The fourth-order valence-corrected chi connectivity index (χ4v) is 2.72. The Hall–Kier alpha value is -0.810. The van der Waals surface area contributed by atoms with Gasteiger partial charge >= 0.3 is 0 Å². The summed E-state index contributed by atoms with van der Waals surface area (Å²) in [5.74, 6) is 2.09. The molecule has 3 rings (SSSR count). The standard InChI is InChI=1S/C13H14Cl2N4.ClH/c14-10-4-1-3-9(13(10)15)7-16-8-12-18-17-11-5-2-6-19(11)12;/h1,3-4,16H,2,5-8H2;1H. The van der Waals surface area contributed by atoms with E-state index in [0.717, 1.165) is 36.6 Å². The van der Waals surface area contributed by atoms with Gasteiger partial charge in [-0.2, -0.15) is 0 Å². The van der Waals surface area contributed by atoms with Gasteiger partial charge in [-0.3, -0.25) is 0 Å². The molecule has 1 N–H and O–H groups in total. The highest BCUT2D eigenvalue weighted by Gasteiger charge is 2.16. The van der Waals surface area contributed by atoms with Gasteiger partial charge in [0, 0.05) is 19.5 Å². The monoisotopic (exact) mass is 332 g/mol. The van der Waals surface area contributed by atoms with E-state index < -0.39 is 0 Å². The van der Waals surface area contributed by atoms with Gasteiger partial charge in [0.15, 0.2) is 0 Å². The quantitative estimate of drug-likeness (QED) is 0.934. The van der Waals surface area contributed by atoms with Gasteiger partial charge in [0.2, 0.25) is 0 Å². The Morgan fingerprint density at radius 1 is 1.20 bits per heavy atom. The summed E-state index contributed by atoms with van der Waals surface area (Å²) in [6.45, 7) is 2.38. The van der Waals surface area contributed by atoms with Gasteiger partial charge in [-0.15, -0.1) is 22.6 Å². The number of benzene rings is 1. The third-order valence-electron chi connectivity index (χ3n) is 3.32. The first-order chi connectivity index (χ1) is 9.25. The number of hydrogen-bond acceptors (Lipinski definition) is 3. The molecule has 2 heterocycles. The van der Waals surface area contributed by atoms with Crippen molar-refractivity contribution < 1.29 is 0 Å². The van der Waals surface area contributed by atoms with Crippen molar-refractivity contribution >= 4 is 35.6 Å². The molecule has 0 amide bonds. The van der Waals surface area contributed by atoms with Crippen molar-refractivity contribution in [2.75, 3.05) is 0 Å². The van der Waals surface area contributed by atoms with E-state index in [1.807, 2.05) is 12.1 Å². The summed E-state index contributed by atoms with van der Waals surface area (Å²) in [6, 6.07) is 5.66. The summed E-state index contributed by atoms with van der Waals surface area (Å²) >= 11 is 12.1. The SMILES string of the molecule is Cl.Clc1cccc(CNCc2nnc3n2CCC3)c1Cl. The van der Waals surface area contributed by atoms with Gasteiger partial charge in [-0.25, -0.2) is 0 Å². The first-order valence-corrected chi connectivity index (χ1v) is 7.06. The van der Waals surface area contributed by atoms with Crippen LogP contribution in [0, 0.1) is 0 Å². The molecule has 0 fully saturated rings. The van der Waals surface area contributed by atoms with Crippen LogP contribution >= 0.6 is 35.6 Å². The molecule has 0 bridgehead atoms. The Bertz CT molecular complexity index is 597. The lowest BCUT2D eigenvalue weighted by Gasteiger charge is -2.08. The van der Waals surface area contributed by atoms with E-state index in [-0.39, 0.29) is 12.4 Å². The summed E-state index contributed by atoms with van der Waals surface area (Å²) in [6.07, 6.45) is 2.20. The summed E-state index contributed by atoms with van der Waals surface area (Å²) in [5, 5.41) is 12.9. The van der Waals surface area contributed by atoms with Crippen molar-refractivity contribution in [3.63, 3.8) is 0 Å². The van der Waals surface area contributed by atoms with Crippen molar-refractivity contribution in [1.29, 1.82) is 0 Å². The summed E-state index contributed by atoms with van der Waals surface area (Å²) < 4.78 is 2.19. The normalized spacial score (nSPS) is 13.1. The minimum atomic E-state index is 0. The molecule has 0 spiro atoms. The number of aromatic nitrogens is 3. The number of nitrogens with one attached hydrogen (secondary N) is 1. The van der Waals surface area contributed by atoms with Crippen LogP contribution < -0.4 is 5.32 Å². The molecule has 0 atom stereocenters. The number of halogens is 3.